The fourth-order valence-electron chi connectivity index (χ4n) is 3.44. The highest BCUT2D eigenvalue weighted by Gasteiger charge is 2.29. The second kappa shape index (κ2) is 10.4. The van der Waals surface area contributed by atoms with E-state index in [2.05, 4.69) is 10.0 Å². The Morgan fingerprint density at radius 2 is 1.53 bits per heavy atom. The topological polar surface area (TPSA) is 144 Å². The van der Waals surface area contributed by atoms with Crippen LogP contribution in [-0.4, -0.2) is 38.9 Å². The normalized spacial score (nSPS) is 13.4. The molecule has 3 aromatic carbocycles. The van der Waals surface area contributed by atoms with Gasteiger partial charge in [0.1, 0.15) is 12.1 Å². The lowest BCUT2D eigenvalue weighted by Gasteiger charge is -2.22. The van der Waals surface area contributed by atoms with E-state index in [0.29, 0.717) is 5.39 Å². The summed E-state index contributed by atoms with van der Waals surface area (Å²) in [6, 6.07) is 18.9. The molecule has 0 spiro atoms. The van der Waals surface area contributed by atoms with Crippen LogP contribution in [-0.2, 0) is 26.0 Å². The number of primary amides is 1. The second-order valence-corrected chi connectivity index (χ2v) is 9.06. The number of sulfonamides is 1. The molecule has 8 nitrogen and oxygen atoms in total. The lowest BCUT2D eigenvalue weighted by molar-refractivity contribution is -0.128. The minimum Gasteiger partial charge on any atom is -0.368 e. The molecule has 1 unspecified atom stereocenters. The molecule has 2 atom stereocenters. The molecule has 3 aromatic rings. The van der Waals surface area contributed by atoms with Crippen LogP contribution in [0.4, 0.5) is 0 Å². The summed E-state index contributed by atoms with van der Waals surface area (Å²) in [7, 11) is -4.05. The number of nitrogens with two attached hydrogens (primary N) is 2. The Bertz CT molecular complexity index is 1190. The van der Waals surface area contributed by atoms with Crippen LogP contribution in [0.15, 0.2) is 77.7 Å². The van der Waals surface area contributed by atoms with Gasteiger partial charge in [-0.25, -0.2) is 8.42 Å². The highest BCUT2D eigenvalue weighted by atomic mass is 32.2. The Kier molecular flexibility index (Phi) is 7.57. The van der Waals surface area contributed by atoms with Crippen molar-refractivity contribution in [2.45, 2.75) is 29.8 Å². The first-order valence-electron chi connectivity index (χ1n) is 10.2. The van der Waals surface area contributed by atoms with E-state index < -0.39 is 33.9 Å². The van der Waals surface area contributed by atoms with Gasteiger partial charge in [-0.15, -0.1) is 0 Å². The van der Waals surface area contributed by atoms with Crippen molar-refractivity contribution in [2.75, 3.05) is 6.54 Å². The summed E-state index contributed by atoms with van der Waals surface area (Å²) in [6.45, 7) is 0.0655. The van der Waals surface area contributed by atoms with E-state index >= 15 is 0 Å². The van der Waals surface area contributed by atoms with Crippen molar-refractivity contribution in [3.05, 3.63) is 78.4 Å². The van der Waals surface area contributed by atoms with Gasteiger partial charge < -0.3 is 16.8 Å². The highest BCUT2D eigenvalue weighted by Crippen LogP contribution is 2.23. The minimum absolute atomic E-state index is 0.0483. The minimum atomic E-state index is -4.05. The fourth-order valence-corrected chi connectivity index (χ4v) is 4.90. The lowest BCUT2D eigenvalue weighted by Crippen LogP contribution is -2.54. The second-order valence-electron chi connectivity index (χ2n) is 7.38. The molecule has 0 aliphatic carbocycles. The van der Waals surface area contributed by atoms with Crippen LogP contribution in [0.2, 0.25) is 0 Å². The Labute approximate surface area is 187 Å². The Morgan fingerprint density at radius 1 is 0.875 bits per heavy atom. The van der Waals surface area contributed by atoms with Gasteiger partial charge in [0.05, 0.1) is 4.90 Å². The third-order valence-corrected chi connectivity index (χ3v) is 6.58. The number of hydrogen-bond donors (Lipinski definition) is 4. The molecule has 6 N–H and O–H groups in total. The molecule has 0 saturated heterocycles. The molecule has 0 bridgehead atoms. The van der Waals surface area contributed by atoms with Gasteiger partial charge in [0, 0.05) is 11.8 Å². The lowest BCUT2D eigenvalue weighted by atomic mass is 10.0. The molecule has 0 heterocycles. The highest BCUT2D eigenvalue weighted by molar-refractivity contribution is 7.89. The van der Waals surface area contributed by atoms with Crippen molar-refractivity contribution in [1.29, 1.82) is 0 Å². The van der Waals surface area contributed by atoms with E-state index in [4.69, 9.17) is 11.5 Å². The van der Waals surface area contributed by atoms with E-state index in [9.17, 15) is 18.0 Å². The summed E-state index contributed by atoms with van der Waals surface area (Å²) in [5, 5.41) is 3.86. The van der Waals surface area contributed by atoms with Gasteiger partial charge in [0.15, 0.2) is 0 Å². The molecule has 32 heavy (non-hydrogen) atoms. The third-order valence-electron chi connectivity index (χ3n) is 5.05. The molecule has 0 aliphatic rings. The zero-order valence-electron chi connectivity index (χ0n) is 17.4. The average Bonchev–Trinajstić information content (AvgIpc) is 2.78. The monoisotopic (exact) mass is 454 g/mol. The molecule has 0 aliphatic heterocycles. The van der Waals surface area contributed by atoms with Gasteiger partial charge in [0.25, 0.3) is 0 Å². The summed E-state index contributed by atoms with van der Waals surface area (Å²) in [5.74, 6) is -1.38. The van der Waals surface area contributed by atoms with Gasteiger partial charge in [-0.1, -0.05) is 66.7 Å². The Balaban J connectivity index is 1.81. The predicted octanol–water partition coefficient (Wildman–Crippen LogP) is 1.05. The fraction of sp³-hybridized carbons (Fsp3) is 0.217. The van der Waals surface area contributed by atoms with Crippen LogP contribution in [0.25, 0.3) is 10.8 Å². The van der Waals surface area contributed by atoms with E-state index in [-0.39, 0.29) is 24.3 Å². The van der Waals surface area contributed by atoms with Crippen molar-refractivity contribution in [2.24, 2.45) is 11.5 Å². The third kappa shape index (κ3) is 5.70. The first kappa shape index (κ1) is 23.4. The van der Waals surface area contributed by atoms with Crippen LogP contribution in [0.1, 0.15) is 12.0 Å². The zero-order valence-corrected chi connectivity index (χ0v) is 18.2. The molecule has 0 aromatic heterocycles. The molecule has 0 radical (unpaired) electrons. The van der Waals surface area contributed by atoms with Gasteiger partial charge in [-0.2, -0.15) is 4.72 Å². The van der Waals surface area contributed by atoms with Crippen LogP contribution >= 0.6 is 0 Å². The molecule has 0 fully saturated rings. The van der Waals surface area contributed by atoms with Crippen LogP contribution in [0, 0.1) is 0 Å². The number of carbonyl (C=O) groups is 2. The number of carbonyl (C=O) groups excluding carboxylic acids is 2. The van der Waals surface area contributed by atoms with Crippen molar-refractivity contribution in [3.63, 3.8) is 0 Å². The predicted molar refractivity (Wildman–Crippen MR) is 123 cm³/mol. The first-order chi connectivity index (χ1) is 15.3. The number of benzene rings is 3. The van der Waals surface area contributed by atoms with E-state index in [0.717, 1.165) is 10.9 Å². The molecule has 9 heteroatoms. The van der Waals surface area contributed by atoms with Crippen LogP contribution in [0.3, 0.4) is 0 Å². The maximum Gasteiger partial charge on any atom is 0.241 e. The van der Waals surface area contributed by atoms with Crippen molar-refractivity contribution in [3.8, 4) is 0 Å². The maximum absolute atomic E-state index is 13.1. The number of hydrogen-bond acceptors (Lipinski definition) is 5. The van der Waals surface area contributed by atoms with Crippen molar-refractivity contribution in [1.82, 2.24) is 10.0 Å². The first-order valence-corrected chi connectivity index (χ1v) is 11.6. The maximum atomic E-state index is 13.1. The molecule has 2 amide bonds. The van der Waals surface area contributed by atoms with Gasteiger partial charge in [-0.05, 0) is 30.0 Å². The number of fused-ring (bicyclic) bond motifs is 1. The average molecular weight is 455 g/mol. The number of rotatable bonds is 10. The summed E-state index contributed by atoms with van der Waals surface area (Å²) in [6.07, 6.45) is 0.236. The van der Waals surface area contributed by atoms with Crippen molar-refractivity contribution < 1.29 is 18.0 Å². The van der Waals surface area contributed by atoms with Gasteiger partial charge in [-0.3, -0.25) is 9.59 Å². The summed E-state index contributed by atoms with van der Waals surface area (Å²) in [5.41, 5.74) is 11.9. The van der Waals surface area contributed by atoms with Crippen LogP contribution < -0.4 is 21.5 Å². The van der Waals surface area contributed by atoms with Crippen molar-refractivity contribution >= 4 is 32.6 Å². The SMILES string of the molecule is NCCC(NS(=O)(=O)c1cccc2ccccc12)C(=O)N[C@@H](Cc1ccccc1)C(N)=O. The summed E-state index contributed by atoms with van der Waals surface area (Å²) < 4.78 is 28.7. The van der Waals surface area contributed by atoms with E-state index in [1.54, 1.807) is 30.3 Å². The smallest absolute Gasteiger partial charge is 0.241 e. The van der Waals surface area contributed by atoms with Gasteiger partial charge in [0.2, 0.25) is 21.8 Å². The largest absolute Gasteiger partial charge is 0.368 e. The Hall–Kier alpha value is -3.27. The number of nitrogens with one attached hydrogen (secondary N) is 2. The van der Waals surface area contributed by atoms with Gasteiger partial charge >= 0.3 is 0 Å². The molecule has 168 valence electrons. The quantitative estimate of drug-likeness (QED) is 0.362. The molecule has 0 saturated carbocycles. The summed E-state index contributed by atoms with van der Waals surface area (Å²) >= 11 is 0. The molecular formula is C23H26N4O4S. The number of amides is 2. The molecular weight excluding hydrogens is 428 g/mol. The Morgan fingerprint density at radius 3 is 2.22 bits per heavy atom. The molecule has 3 rings (SSSR count). The van der Waals surface area contributed by atoms with Crippen LogP contribution in [0.5, 0.6) is 0 Å². The van der Waals surface area contributed by atoms with E-state index in [1.165, 1.54) is 6.07 Å². The standard InChI is InChI=1S/C23H26N4O4S/c24-14-13-19(23(29)26-20(22(25)28)15-16-7-2-1-3-8-16)27-32(30,31)21-12-6-10-17-9-4-5-11-18(17)21/h1-12,19-20,27H,13-15,24H2,(H2,25,28)(H,26,29)/t19?,20-/m0/s1. The zero-order chi connectivity index (χ0) is 23.1. The van der Waals surface area contributed by atoms with E-state index in [1.807, 2.05) is 36.4 Å². The summed E-state index contributed by atoms with van der Waals surface area (Å²) in [4.78, 5) is 24.9.